The molecule has 3 rings (SSSR count). The van der Waals surface area contributed by atoms with Gasteiger partial charge >= 0.3 is 6.03 Å². The summed E-state index contributed by atoms with van der Waals surface area (Å²) >= 11 is 5.92. The average molecular weight is 350 g/mol. The largest absolute Gasteiger partial charge is 0.335 e. The first kappa shape index (κ1) is 17.6. The highest BCUT2D eigenvalue weighted by Crippen LogP contribution is 2.18. The van der Waals surface area contributed by atoms with Crippen LogP contribution in [0, 0.1) is 0 Å². The highest BCUT2D eigenvalue weighted by molar-refractivity contribution is 6.30. The lowest BCUT2D eigenvalue weighted by Gasteiger charge is -2.36. The van der Waals surface area contributed by atoms with Gasteiger partial charge in [0.05, 0.1) is 0 Å². The molecule has 5 heteroatoms. The van der Waals surface area contributed by atoms with Gasteiger partial charge < -0.3 is 10.2 Å². The maximum atomic E-state index is 12.4. The normalized spacial score (nSPS) is 20.1. The van der Waals surface area contributed by atoms with Crippen molar-refractivity contribution in [3.05, 3.63) is 34.9 Å². The van der Waals surface area contributed by atoms with Crippen LogP contribution in [0.25, 0.3) is 0 Å². The third kappa shape index (κ3) is 5.12. The number of benzene rings is 1. The molecule has 2 fully saturated rings. The highest BCUT2D eigenvalue weighted by Gasteiger charge is 2.23. The summed E-state index contributed by atoms with van der Waals surface area (Å²) in [5.74, 6) is 0. The molecular formula is C19H28ClN3O. The maximum absolute atomic E-state index is 12.4. The van der Waals surface area contributed by atoms with Crippen molar-refractivity contribution in [3.8, 4) is 0 Å². The molecular weight excluding hydrogens is 322 g/mol. The Morgan fingerprint density at radius 3 is 2.38 bits per heavy atom. The van der Waals surface area contributed by atoms with E-state index in [9.17, 15) is 4.79 Å². The molecule has 1 aliphatic carbocycles. The lowest BCUT2D eigenvalue weighted by molar-refractivity contribution is 0.136. The number of nitrogens with zero attached hydrogens (tertiary/aromatic N) is 2. The van der Waals surface area contributed by atoms with E-state index in [1.165, 1.54) is 24.8 Å². The van der Waals surface area contributed by atoms with Gasteiger partial charge in [-0.25, -0.2) is 4.79 Å². The minimum atomic E-state index is 0.138. The first-order valence-corrected chi connectivity index (χ1v) is 9.61. The quantitative estimate of drug-likeness (QED) is 0.902. The smallest absolute Gasteiger partial charge is 0.317 e. The summed E-state index contributed by atoms with van der Waals surface area (Å²) in [5, 5.41) is 4.01. The van der Waals surface area contributed by atoms with Crippen molar-refractivity contribution in [2.45, 2.75) is 44.6 Å². The summed E-state index contributed by atoms with van der Waals surface area (Å²) in [6, 6.07) is 8.62. The van der Waals surface area contributed by atoms with Crippen LogP contribution in [0.1, 0.15) is 37.7 Å². The molecule has 1 aromatic rings. The third-order valence-corrected chi connectivity index (χ3v) is 5.47. The topological polar surface area (TPSA) is 35.6 Å². The maximum Gasteiger partial charge on any atom is 0.317 e. The number of rotatable bonds is 4. The van der Waals surface area contributed by atoms with E-state index in [1.807, 2.05) is 17.0 Å². The number of hydrogen-bond acceptors (Lipinski definition) is 2. The first-order valence-electron chi connectivity index (χ1n) is 9.23. The number of amides is 2. The van der Waals surface area contributed by atoms with E-state index in [-0.39, 0.29) is 6.03 Å². The molecule has 4 nitrogen and oxygen atoms in total. The Balaban J connectivity index is 1.37. The van der Waals surface area contributed by atoms with Gasteiger partial charge in [-0.15, -0.1) is 0 Å². The lowest BCUT2D eigenvalue weighted by atomic mass is 9.96. The van der Waals surface area contributed by atoms with Gasteiger partial charge in [-0.2, -0.15) is 0 Å². The van der Waals surface area contributed by atoms with E-state index < -0.39 is 0 Å². The lowest BCUT2D eigenvalue weighted by Crippen LogP contribution is -2.53. The van der Waals surface area contributed by atoms with Crippen molar-refractivity contribution in [1.29, 1.82) is 0 Å². The molecule has 0 atom stereocenters. The van der Waals surface area contributed by atoms with Crippen molar-refractivity contribution >= 4 is 17.6 Å². The molecule has 1 heterocycles. The summed E-state index contributed by atoms with van der Waals surface area (Å²) in [6.45, 7) is 4.63. The minimum Gasteiger partial charge on any atom is -0.335 e. The summed E-state index contributed by atoms with van der Waals surface area (Å²) in [7, 11) is 0. The van der Waals surface area contributed by atoms with Crippen molar-refractivity contribution in [2.75, 3.05) is 32.7 Å². The molecule has 1 aliphatic heterocycles. The molecule has 0 radical (unpaired) electrons. The van der Waals surface area contributed by atoms with Crippen LogP contribution in [0.4, 0.5) is 4.79 Å². The van der Waals surface area contributed by atoms with Gasteiger partial charge in [0, 0.05) is 43.8 Å². The number of carbonyl (C=O) groups is 1. The summed E-state index contributed by atoms with van der Waals surface area (Å²) in [5.41, 5.74) is 1.32. The van der Waals surface area contributed by atoms with Crippen LogP contribution in [-0.4, -0.2) is 54.6 Å². The number of halogens is 1. The fraction of sp³-hybridized carbons (Fsp3) is 0.632. The molecule has 0 bridgehead atoms. The Morgan fingerprint density at radius 2 is 1.71 bits per heavy atom. The van der Waals surface area contributed by atoms with Gasteiger partial charge in [0.25, 0.3) is 0 Å². The van der Waals surface area contributed by atoms with Gasteiger partial charge in [0.15, 0.2) is 0 Å². The van der Waals surface area contributed by atoms with Crippen LogP contribution in [0.3, 0.4) is 0 Å². The minimum absolute atomic E-state index is 0.138. The zero-order valence-electron chi connectivity index (χ0n) is 14.3. The standard InChI is InChI=1S/C19H28ClN3O/c20-17-8-6-16(7-9-17)10-11-22-12-14-23(15-13-22)19(24)21-18-4-2-1-3-5-18/h6-9,18H,1-5,10-15H2,(H,21,24). The number of hydrogen-bond donors (Lipinski definition) is 1. The van der Waals surface area contributed by atoms with Gasteiger partial charge in [-0.05, 0) is 37.0 Å². The van der Waals surface area contributed by atoms with E-state index in [1.54, 1.807) is 0 Å². The van der Waals surface area contributed by atoms with Crippen LogP contribution >= 0.6 is 11.6 Å². The molecule has 0 unspecified atom stereocenters. The van der Waals surface area contributed by atoms with Crippen molar-refractivity contribution in [3.63, 3.8) is 0 Å². The predicted octanol–water partition coefficient (Wildman–Crippen LogP) is 3.54. The first-order chi connectivity index (χ1) is 11.7. The molecule has 2 aliphatic rings. The monoisotopic (exact) mass is 349 g/mol. The Labute approximate surface area is 150 Å². The van der Waals surface area contributed by atoms with Crippen molar-refractivity contribution < 1.29 is 4.79 Å². The fourth-order valence-corrected chi connectivity index (χ4v) is 3.75. The molecule has 0 spiro atoms. The Kier molecular flexibility index (Phi) is 6.38. The van der Waals surface area contributed by atoms with E-state index >= 15 is 0 Å². The van der Waals surface area contributed by atoms with Gasteiger partial charge in [0.2, 0.25) is 0 Å². The fourth-order valence-electron chi connectivity index (χ4n) is 3.63. The Hall–Kier alpha value is -1.26. The Bertz CT molecular complexity index is 520. The molecule has 132 valence electrons. The average Bonchev–Trinajstić information content (AvgIpc) is 2.62. The SMILES string of the molecule is O=C(NC1CCCCC1)N1CCN(CCc2ccc(Cl)cc2)CC1. The second kappa shape index (κ2) is 8.72. The number of urea groups is 1. The van der Waals surface area contributed by atoms with E-state index in [0.717, 1.165) is 57.0 Å². The molecule has 2 amide bonds. The highest BCUT2D eigenvalue weighted by atomic mass is 35.5. The molecule has 1 saturated heterocycles. The molecule has 24 heavy (non-hydrogen) atoms. The predicted molar refractivity (Wildman–Crippen MR) is 98.6 cm³/mol. The third-order valence-electron chi connectivity index (χ3n) is 5.22. The van der Waals surface area contributed by atoms with Gasteiger partial charge in [0.1, 0.15) is 0 Å². The molecule has 1 aromatic carbocycles. The molecule has 1 N–H and O–H groups in total. The zero-order chi connectivity index (χ0) is 16.8. The van der Waals surface area contributed by atoms with Gasteiger partial charge in [-0.1, -0.05) is 43.0 Å². The van der Waals surface area contributed by atoms with Crippen LogP contribution in [-0.2, 0) is 6.42 Å². The second-order valence-corrected chi connectivity index (χ2v) is 7.43. The van der Waals surface area contributed by atoms with E-state index in [4.69, 9.17) is 11.6 Å². The molecule has 1 saturated carbocycles. The number of carbonyl (C=O) groups excluding carboxylic acids is 1. The Morgan fingerprint density at radius 1 is 1.04 bits per heavy atom. The van der Waals surface area contributed by atoms with Gasteiger partial charge in [-0.3, -0.25) is 4.90 Å². The van der Waals surface area contributed by atoms with Crippen LogP contribution in [0.5, 0.6) is 0 Å². The van der Waals surface area contributed by atoms with E-state index in [0.29, 0.717) is 6.04 Å². The zero-order valence-corrected chi connectivity index (χ0v) is 15.1. The number of nitrogens with one attached hydrogen (secondary N) is 1. The van der Waals surface area contributed by atoms with Crippen LogP contribution < -0.4 is 5.32 Å². The summed E-state index contributed by atoms with van der Waals surface area (Å²) < 4.78 is 0. The second-order valence-electron chi connectivity index (χ2n) is 6.99. The van der Waals surface area contributed by atoms with Crippen LogP contribution in [0.15, 0.2) is 24.3 Å². The van der Waals surface area contributed by atoms with Crippen molar-refractivity contribution in [2.24, 2.45) is 0 Å². The van der Waals surface area contributed by atoms with Crippen LogP contribution in [0.2, 0.25) is 5.02 Å². The summed E-state index contributed by atoms with van der Waals surface area (Å²) in [6.07, 6.45) is 7.15. The van der Waals surface area contributed by atoms with E-state index in [2.05, 4.69) is 22.3 Å². The number of piperazine rings is 1. The summed E-state index contributed by atoms with van der Waals surface area (Å²) in [4.78, 5) is 16.8. The molecule has 0 aromatic heterocycles. The van der Waals surface area contributed by atoms with Crippen molar-refractivity contribution in [1.82, 2.24) is 15.1 Å².